The summed E-state index contributed by atoms with van der Waals surface area (Å²) in [5, 5.41) is 0. The molecule has 90 valence electrons. The Bertz CT molecular complexity index is 588. The molecule has 18 heavy (non-hydrogen) atoms. The zero-order valence-electron chi connectivity index (χ0n) is 11.0. The predicted octanol–water partition coefficient (Wildman–Crippen LogP) is 5.18. The summed E-state index contributed by atoms with van der Waals surface area (Å²) in [6.07, 6.45) is 5.70. The van der Waals surface area contributed by atoms with Gasteiger partial charge in [0.25, 0.3) is 0 Å². The van der Waals surface area contributed by atoms with Crippen molar-refractivity contribution in [1.82, 2.24) is 0 Å². The zero-order chi connectivity index (χ0) is 12.5. The second-order valence-electron chi connectivity index (χ2n) is 5.25. The molecule has 2 aromatic rings. The summed E-state index contributed by atoms with van der Waals surface area (Å²) in [6.45, 7) is 4.43. The highest BCUT2D eigenvalue weighted by molar-refractivity contribution is 5.70. The van der Waals surface area contributed by atoms with Gasteiger partial charge in [-0.3, -0.25) is 0 Å². The number of fused-ring (bicyclic) bond motifs is 1. The Kier molecular flexibility index (Phi) is 2.79. The lowest BCUT2D eigenvalue weighted by Gasteiger charge is -2.18. The normalized spacial score (nSPS) is 17.6. The molecule has 1 aliphatic rings. The first kappa shape index (κ1) is 11.3. The molecule has 2 aromatic carbocycles. The maximum Gasteiger partial charge on any atom is -0.0150 e. The molecule has 0 nitrogen and oxygen atoms in total. The van der Waals surface area contributed by atoms with Crippen molar-refractivity contribution >= 4 is 6.08 Å². The van der Waals surface area contributed by atoms with Crippen molar-refractivity contribution in [2.75, 3.05) is 0 Å². The van der Waals surface area contributed by atoms with Gasteiger partial charge in [-0.1, -0.05) is 61.0 Å². The molecule has 0 radical (unpaired) electrons. The van der Waals surface area contributed by atoms with E-state index in [1.54, 1.807) is 0 Å². The van der Waals surface area contributed by atoms with E-state index in [4.69, 9.17) is 0 Å². The van der Waals surface area contributed by atoms with E-state index in [-0.39, 0.29) is 0 Å². The first-order valence-corrected chi connectivity index (χ1v) is 6.61. The number of hydrogen-bond acceptors (Lipinski definition) is 0. The Morgan fingerprint density at radius 1 is 0.944 bits per heavy atom. The highest BCUT2D eigenvalue weighted by Gasteiger charge is 2.12. The molecule has 0 fully saturated rings. The fraction of sp³-hybridized carbons (Fsp3) is 0.222. The predicted molar refractivity (Wildman–Crippen MR) is 78.7 cm³/mol. The summed E-state index contributed by atoms with van der Waals surface area (Å²) in [5.41, 5.74) is 6.79. The van der Waals surface area contributed by atoms with E-state index in [0.717, 1.165) is 6.42 Å². The molecule has 1 atom stereocenters. The molecule has 0 aliphatic heterocycles. The van der Waals surface area contributed by atoms with Crippen molar-refractivity contribution < 1.29 is 0 Å². The van der Waals surface area contributed by atoms with Crippen LogP contribution in [0.25, 0.3) is 17.2 Å². The molecule has 0 amide bonds. The molecule has 1 aliphatic carbocycles. The monoisotopic (exact) mass is 234 g/mol. The summed E-state index contributed by atoms with van der Waals surface area (Å²) < 4.78 is 0. The Hall–Kier alpha value is -1.82. The number of allylic oxidation sites excluding steroid dienone is 1. The smallest absolute Gasteiger partial charge is 0.0150 e. The molecule has 0 heteroatoms. The van der Waals surface area contributed by atoms with Crippen LogP contribution >= 0.6 is 0 Å². The van der Waals surface area contributed by atoms with Crippen LogP contribution in [-0.2, 0) is 0 Å². The third kappa shape index (κ3) is 1.99. The minimum Gasteiger partial charge on any atom is -0.0833 e. The van der Waals surface area contributed by atoms with Crippen molar-refractivity contribution in [2.24, 2.45) is 0 Å². The molecule has 0 aromatic heterocycles. The van der Waals surface area contributed by atoms with E-state index < -0.39 is 0 Å². The van der Waals surface area contributed by atoms with Gasteiger partial charge in [0.15, 0.2) is 0 Å². The van der Waals surface area contributed by atoms with Crippen LogP contribution in [0.1, 0.15) is 36.0 Å². The highest BCUT2D eigenvalue weighted by atomic mass is 14.2. The molecule has 1 unspecified atom stereocenters. The van der Waals surface area contributed by atoms with Crippen LogP contribution in [-0.4, -0.2) is 0 Å². The van der Waals surface area contributed by atoms with E-state index in [9.17, 15) is 0 Å². The summed E-state index contributed by atoms with van der Waals surface area (Å²) >= 11 is 0. The molecule has 0 saturated carbocycles. The minimum absolute atomic E-state index is 0.650. The van der Waals surface area contributed by atoms with E-state index in [2.05, 4.69) is 68.5 Å². The fourth-order valence-electron chi connectivity index (χ4n) is 2.62. The van der Waals surface area contributed by atoms with Crippen molar-refractivity contribution in [2.45, 2.75) is 26.2 Å². The lowest BCUT2D eigenvalue weighted by molar-refractivity contribution is 0.772. The van der Waals surface area contributed by atoms with Crippen LogP contribution in [0.4, 0.5) is 0 Å². The van der Waals surface area contributed by atoms with Gasteiger partial charge >= 0.3 is 0 Å². The Balaban J connectivity index is 2.05. The Morgan fingerprint density at radius 2 is 1.67 bits per heavy atom. The Labute approximate surface area is 109 Å². The van der Waals surface area contributed by atoms with Gasteiger partial charge in [0, 0.05) is 0 Å². The topological polar surface area (TPSA) is 0 Å². The van der Waals surface area contributed by atoms with Crippen LogP contribution in [0.3, 0.4) is 0 Å². The van der Waals surface area contributed by atoms with Gasteiger partial charge in [0.1, 0.15) is 0 Å². The van der Waals surface area contributed by atoms with E-state index in [1.165, 1.54) is 27.8 Å². The molecule has 0 N–H and O–H groups in total. The lowest BCUT2D eigenvalue weighted by atomic mass is 9.86. The molecule has 0 heterocycles. The van der Waals surface area contributed by atoms with Gasteiger partial charge in [0.05, 0.1) is 0 Å². The fourth-order valence-corrected chi connectivity index (χ4v) is 2.62. The van der Waals surface area contributed by atoms with Gasteiger partial charge in [-0.2, -0.15) is 0 Å². The molecule has 3 rings (SSSR count). The van der Waals surface area contributed by atoms with E-state index >= 15 is 0 Å². The number of rotatable bonds is 1. The molecule has 0 spiro atoms. The van der Waals surface area contributed by atoms with E-state index in [0.29, 0.717) is 5.92 Å². The molecule has 0 saturated heterocycles. The first-order valence-electron chi connectivity index (χ1n) is 6.61. The Morgan fingerprint density at radius 3 is 2.44 bits per heavy atom. The highest BCUT2D eigenvalue weighted by Crippen LogP contribution is 2.32. The van der Waals surface area contributed by atoms with Crippen LogP contribution in [0.5, 0.6) is 0 Å². The number of benzene rings is 2. The van der Waals surface area contributed by atoms with Gasteiger partial charge in [0.2, 0.25) is 0 Å². The maximum atomic E-state index is 2.31. The van der Waals surface area contributed by atoms with Gasteiger partial charge in [-0.25, -0.2) is 0 Å². The number of aryl methyl sites for hydroxylation is 1. The van der Waals surface area contributed by atoms with Gasteiger partial charge in [-0.15, -0.1) is 0 Å². The van der Waals surface area contributed by atoms with Crippen molar-refractivity contribution in [3.8, 4) is 11.1 Å². The standard InChI is InChI=1S/C18H18/c1-13-6-8-15(9-7-13)16-10-11-18-14(2)4-3-5-17(18)12-16/h3,5-12,14H,4H2,1-2H3. The SMILES string of the molecule is Cc1ccc(-c2ccc3c(c2)C=CCC3C)cc1. The third-order valence-corrected chi connectivity index (χ3v) is 3.79. The zero-order valence-corrected chi connectivity index (χ0v) is 11.0. The van der Waals surface area contributed by atoms with Crippen LogP contribution < -0.4 is 0 Å². The molecular formula is C18H18. The second kappa shape index (κ2) is 4.45. The summed E-state index contributed by atoms with van der Waals surface area (Å²) in [4.78, 5) is 0. The largest absolute Gasteiger partial charge is 0.0833 e. The summed E-state index contributed by atoms with van der Waals surface area (Å²) in [5.74, 6) is 0.650. The number of hydrogen-bond donors (Lipinski definition) is 0. The average molecular weight is 234 g/mol. The van der Waals surface area contributed by atoms with Gasteiger partial charge in [-0.05, 0) is 47.6 Å². The third-order valence-electron chi connectivity index (χ3n) is 3.79. The van der Waals surface area contributed by atoms with E-state index in [1.807, 2.05) is 0 Å². The average Bonchev–Trinajstić information content (AvgIpc) is 2.39. The molecular weight excluding hydrogens is 216 g/mol. The first-order chi connectivity index (χ1) is 8.74. The maximum absolute atomic E-state index is 2.31. The molecule has 0 bridgehead atoms. The summed E-state index contributed by atoms with van der Waals surface area (Å²) in [6, 6.07) is 15.6. The van der Waals surface area contributed by atoms with Crippen LogP contribution in [0.2, 0.25) is 0 Å². The van der Waals surface area contributed by atoms with Crippen molar-refractivity contribution in [3.05, 3.63) is 65.2 Å². The minimum atomic E-state index is 0.650. The van der Waals surface area contributed by atoms with Crippen molar-refractivity contribution in [1.29, 1.82) is 0 Å². The van der Waals surface area contributed by atoms with Crippen LogP contribution in [0.15, 0.2) is 48.5 Å². The lowest BCUT2D eigenvalue weighted by Crippen LogP contribution is -1.99. The van der Waals surface area contributed by atoms with Gasteiger partial charge < -0.3 is 0 Å². The van der Waals surface area contributed by atoms with Crippen LogP contribution in [0, 0.1) is 6.92 Å². The second-order valence-corrected chi connectivity index (χ2v) is 5.25. The quantitative estimate of drug-likeness (QED) is 0.637. The summed E-state index contributed by atoms with van der Waals surface area (Å²) in [7, 11) is 0. The van der Waals surface area contributed by atoms with Crippen molar-refractivity contribution in [3.63, 3.8) is 0 Å².